The minimum Gasteiger partial charge on any atom is -0.492 e. The Hall–Kier alpha value is -1.43. The maximum Gasteiger partial charge on any atom is 0.350 e. The second-order valence-electron chi connectivity index (χ2n) is 5.74. The highest BCUT2D eigenvalue weighted by molar-refractivity contribution is 7.51. The molecule has 0 saturated carbocycles. The SMILES string of the molecule is O=P(O)(O)CCN(CCOCP(=O)(O)O)CCn1cnc2c(O)ncnc21. The average molecular weight is 425 g/mol. The van der Waals surface area contributed by atoms with Gasteiger partial charge in [-0.25, -0.2) is 9.97 Å². The van der Waals surface area contributed by atoms with Crippen LogP contribution in [0.2, 0.25) is 0 Å². The zero-order valence-electron chi connectivity index (χ0n) is 14.2. The summed E-state index contributed by atoms with van der Waals surface area (Å²) in [4.78, 5) is 49.0. The van der Waals surface area contributed by atoms with E-state index in [-0.39, 0.29) is 37.3 Å². The van der Waals surface area contributed by atoms with E-state index in [9.17, 15) is 14.2 Å². The lowest BCUT2D eigenvalue weighted by Crippen LogP contribution is -2.33. The Kier molecular flexibility index (Phi) is 7.43. The van der Waals surface area contributed by atoms with Crippen molar-refractivity contribution in [3.8, 4) is 5.88 Å². The molecule has 0 saturated heterocycles. The van der Waals surface area contributed by atoms with E-state index in [1.165, 1.54) is 12.7 Å². The Morgan fingerprint density at radius 2 is 1.78 bits per heavy atom. The lowest BCUT2D eigenvalue weighted by Gasteiger charge is -2.22. The van der Waals surface area contributed by atoms with Crippen molar-refractivity contribution in [1.29, 1.82) is 0 Å². The molecular weight excluding hydrogens is 404 g/mol. The van der Waals surface area contributed by atoms with Crippen molar-refractivity contribution in [3.63, 3.8) is 0 Å². The molecule has 2 rings (SSSR count). The van der Waals surface area contributed by atoms with Crippen molar-refractivity contribution in [2.75, 3.05) is 38.8 Å². The van der Waals surface area contributed by atoms with Crippen LogP contribution in [0.3, 0.4) is 0 Å². The average Bonchev–Trinajstić information content (AvgIpc) is 2.96. The van der Waals surface area contributed by atoms with Crippen LogP contribution in [0.25, 0.3) is 11.2 Å². The van der Waals surface area contributed by atoms with Crippen molar-refractivity contribution in [2.24, 2.45) is 0 Å². The van der Waals surface area contributed by atoms with E-state index in [1.54, 1.807) is 9.47 Å². The first kappa shape index (κ1) is 21.9. The minimum absolute atomic E-state index is 0.0140. The molecule has 0 aromatic carbocycles. The first-order valence-electron chi connectivity index (χ1n) is 7.79. The molecule has 0 fully saturated rings. The number of imidazole rings is 1. The smallest absolute Gasteiger partial charge is 0.350 e. The summed E-state index contributed by atoms with van der Waals surface area (Å²) in [5.41, 5.74) is 0.652. The van der Waals surface area contributed by atoms with Gasteiger partial charge in [-0.2, -0.15) is 4.98 Å². The lowest BCUT2D eigenvalue weighted by molar-refractivity contribution is 0.122. The van der Waals surface area contributed by atoms with Gasteiger partial charge in [0.1, 0.15) is 12.7 Å². The monoisotopic (exact) mass is 425 g/mol. The topological polar surface area (TPSA) is 191 Å². The van der Waals surface area contributed by atoms with Gasteiger partial charge in [0.2, 0.25) is 5.88 Å². The molecule has 0 aliphatic heterocycles. The molecule has 0 aliphatic carbocycles. The Balaban J connectivity index is 1.96. The van der Waals surface area contributed by atoms with Crippen LogP contribution in [0, 0.1) is 0 Å². The Labute approximate surface area is 154 Å². The molecule has 0 amide bonds. The molecule has 13 nitrogen and oxygen atoms in total. The van der Waals surface area contributed by atoms with Gasteiger partial charge >= 0.3 is 15.2 Å². The normalized spacial score (nSPS) is 12.9. The van der Waals surface area contributed by atoms with Crippen molar-refractivity contribution in [2.45, 2.75) is 6.54 Å². The molecule has 5 N–H and O–H groups in total. The third-order valence-corrected chi connectivity index (χ3v) is 4.86. The van der Waals surface area contributed by atoms with Crippen LogP contribution in [0.1, 0.15) is 0 Å². The van der Waals surface area contributed by atoms with E-state index in [4.69, 9.17) is 24.3 Å². The van der Waals surface area contributed by atoms with Crippen molar-refractivity contribution >= 4 is 26.4 Å². The minimum atomic E-state index is -4.27. The quantitative estimate of drug-likeness (QED) is 0.222. The van der Waals surface area contributed by atoms with Gasteiger partial charge < -0.3 is 34.0 Å². The molecule has 0 atom stereocenters. The summed E-state index contributed by atoms with van der Waals surface area (Å²) in [5, 5.41) is 9.64. The Morgan fingerprint density at radius 1 is 1.04 bits per heavy atom. The Bertz CT molecular complexity index is 849. The van der Waals surface area contributed by atoms with Crippen LogP contribution >= 0.6 is 15.2 Å². The summed E-state index contributed by atoms with van der Waals surface area (Å²) in [6.07, 6.45) is 1.57. The van der Waals surface area contributed by atoms with Gasteiger partial charge in [0.05, 0.1) is 19.1 Å². The first-order valence-corrected chi connectivity index (χ1v) is 11.4. The standard InChI is InChI=1S/C12H21N5O8P2/c18-12-10-11(13-7-14-12)17(8-15-10)2-1-16(4-6-26(19,20)21)3-5-25-9-27(22,23)24/h7-8H,1-6,9H2,(H,13,14,18)(H2,19,20,21)(H2,22,23,24). The third kappa shape index (κ3) is 7.60. The number of fused-ring (bicyclic) bond motifs is 1. The molecule has 0 unspecified atom stereocenters. The van der Waals surface area contributed by atoms with Gasteiger partial charge in [-0.05, 0) is 0 Å². The second kappa shape index (κ2) is 9.18. The van der Waals surface area contributed by atoms with Gasteiger partial charge in [0, 0.05) is 26.2 Å². The summed E-state index contributed by atoms with van der Waals surface area (Å²) in [6, 6.07) is 0. The summed E-state index contributed by atoms with van der Waals surface area (Å²) >= 11 is 0. The zero-order chi connectivity index (χ0) is 20.1. The van der Waals surface area contributed by atoms with Gasteiger partial charge in [0.15, 0.2) is 11.2 Å². The number of aromatic nitrogens is 4. The van der Waals surface area contributed by atoms with Crippen LogP contribution in [-0.4, -0.2) is 87.9 Å². The molecule has 0 radical (unpaired) electrons. The van der Waals surface area contributed by atoms with E-state index in [0.29, 0.717) is 18.7 Å². The lowest BCUT2D eigenvalue weighted by atomic mass is 10.4. The van der Waals surface area contributed by atoms with E-state index in [0.717, 1.165) is 0 Å². The predicted octanol–water partition coefficient (Wildman–Crippen LogP) is -0.837. The van der Waals surface area contributed by atoms with Crippen LogP contribution in [0.5, 0.6) is 5.88 Å². The number of hydrogen-bond donors (Lipinski definition) is 5. The molecule has 0 bridgehead atoms. The van der Waals surface area contributed by atoms with E-state index in [2.05, 4.69) is 15.0 Å². The summed E-state index contributed by atoms with van der Waals surface area (Å²) in [7, 11) is -8.46. The Morgan fingerprint density at radius 3 is 2.44 bits per heavy atom. The maximum atomic E-state index is 11.1. The molecule has 15 heteroatoms. The summed E-state index contributed by atoms with van der Waals surface area (Å²) in [6.45, 7) is 0.964. The van der Waals surface area contributed by atoms with Crippen molar-refractivity contribution in [1.82, 2.24) is 24.4 Å². The second-order valence-corrected chi connectivity index (χ2v) is 9.10. The molecular formula is C12H21N5O8P2. The number of rotatable bonds is 11. The fourth-order valence-corrected chi connectivity index (χ4v) is 3.18. The van der Waals surface area contributed by atoms with Gasteiger partial charge in [-0.15, -0.1) is 0 Å². The van der Waals surface area contributed by atoms with E-state index >= 15 is 0 Å². The fourth-order valence-electron chi connectivity index (χ4n) is 2.27. The highest BCUT2D eigenvalue weighted by Gasteiger charge is 2.18. The molecule has 2 aromatic rings. The number of nitrogens with zero attached hydrogens (tertiary/aromatic N) is 5. The van der Waals surface area contributed by atoms with E-state index < -0.39 is 21.5 Å². The molecule has 0 aliphatic rings. The molecule has 2 aromatic heterocycles. The zero-order valence-corrected chi connectivity index (χ0v) is 16.0. The molecule has 0 spiro atoms. The maximum absolute atomic E-state index is 11.1. The van der Waals surface area contributed by atoms with E-state index in [1.807, 2.05) is 0 Å². The number of hydrogen-bond acceptors (Lipinski definition) is 8. The van der Waals surface area contributed by atoms with Crippen LogP contribution in [0.15, 0.2) is 12.7 Å². The highest BCUT2D eigenvalue weighted by atomic mass is 31.2. The van der Waals surface area contributed by atoms with Gasteiger partial charge in [0.25, 0.3) is 0 Å². The molecule has 152 valence electrons. The first-order chi connectivity index (χ1) is 12.6. The fraction of sp³-hybridized carbons (Fsp3) is 0.583. The highest BCUT2D eigenvalue weighted by Crippen LogP contribution is 2.34. The van der Waals surface area contributed by atoms with Gasteiger partial charge in [-0.3, -0.25) is 14.0 Å². The van der Waals surface area contributed by atoms with Gasteiger partial charge in [-0.1, -0.05) is 0 Å². The molecule has 2 heterocycles. The predicted molar refractivity (Wildman–Crippen MR) is 93.2 cm³/mol. The van der Waals surface area contributed by atoms with Crippen LogP contribution in [-0.2, 0) is 20.4 Å². The summed E-state index contributed by atoms with van der Waals surface area (Å²) < 4.78 is 28.5. The van der Waals surface area contributed by atoms with Crippen molar-refractivity contribution < 1.29 is 38.5 Å². The van der Waals surface area contributed by atoms with Crippen LogP contribution < -0.4 is 0 Å². The third-order valence-electron chi connectivity index (χ3n) is 3.56. The number of ether oxygens (including phenoxy) is 1. The van der Waals surface area contributed by atoms with Crippen molar-refractivity contribution in [3.05, 3.63) is 12.7 Å². The van der Waals surface area contributed by atoms with Crippen LogP contribution in [0.4, 0.5) is 0 Å². The number of aromatic hydroxyl groups is 1. The molecule has 27 heavy (non-hydrogen) atoms. The largest absolute Gasteiger partial charge is 0.492 e. The summed E-state index contributed by atoms with van der Waals surface area (Å²) in [5.74, 6) is -0.247.